The quantitative estimate of drug-likeness (QED) is 0.823. The SMILES string of the molecule is CCCC1CNCCC1c1ccc(Br)c(Br)c1. The van der Waals surface area contributed by atoms with Crippen LogP contribution in [0.25, 0.3) is 0 Å². The van der Waals surface area contributed by atoms with Crippen LogP contribution in [-0.2, 0) is 0 Å². The summed E-state index contributed by atoms with van der Waals surface area (Å²) >= 11 is 7.15. The molecule has 0 bridgehead atoms. The summed E-state index contributed by atoms with van der Waals surface area (Å²) in [6, 6.07) is 6.71. The number of piperidine rings is 1. The Morgan fingerprint density at radius 2 is 2.12 bits per heavy atom. The molecular weight excluding hydrogens is 342 g/mol. The lowest BCUT2D eigenvalue weighted by atomic mass is 9.79. The molecule has 1 saturated heterocycles. The van der Waals surface area contributed by atoms with E-state index in [2.05, 4.69) is 62.3 Å². The van der Waals surface area contributed by atoms with Crippen molar-refractivity contribution >= 4 is 31.9 Å². The molecular formula is C14H19Br2N. The standard InChI is InChI=1S/C14H19Br2N/c1-2-3-11-9-17-7-6-12(11)10-4-5-13(15)14(16)8-10/h4-5,8,11-12,17H,2-3,6-7,9H2,1H3. The minimum atomic E-state index is 0.723. The lowest BCUT2D eigenvalue weighted by Crippen LogP contribution is -2.35. The molecule has 0 spiro atoms. The minimum Gasteiger partial charge on any atom is -0.316 e. The Morgan fingerprint density at radius 3 is 2.82 bits per heavy atom. The summed E-state index contributed by atoms with van der Waals surface area (Å²) in [4.78, 5) is 0. The molecule has 1 aromatic carbocycles. The molecule has 1 nitrogen and oxygen atoms in total. The monoisotopic (exact) mass is 359 g/mol. The van der Waals surface area contributed by atoms with Crippen LogP contribution in [0.2, 0.25) is 0 Å². The lowest BCUT2D eigenvalue weighted by molar-refractivity contribution is 0.306. The third-order valence-corrected chi connectivity index (χ3v) is 5.52. The largest absolute Gasteiger partial charge is 0.316 e. The Labute approximate surface area is 121 Å². The molecule has 1 heterocycles. The Kier molecular flexibility index (Phi) is 5.07. The first-order valence-electron chi connectivity index (χ1n) is 6.38. The van der Waals surface area contributed by atoms with Gasteiger partial charge in [0.15, 0.2) is 0 Å². The summed E-state index contributed by atoms with van der Waals surface area (Å²) in [6.45, 7) is 4.61. The van der Waals surface area contributed by atoms with Crippen LogP contribution in [0.3, 0.4) is 0 Å². The smallest absolute Gasteiger partial charge is 0.0320 e. The van der Waals surface area contributed by atoms with Crippen LogP contribution in [0, 0.1) is 5.92 Å². The molecule has 0 saturated carbocycles. The summed E-state index contributed by atoms with van der Waals surface area (Å²) in [6.07, 6.45) is 3.87. The summed E-state index contributed by atoms with van der Waals surface area (Å²) in [5, 5.41) is 3.52. The number of nitrogens with one attached hydrogen (secondary N) is 1. The maximum Gasteiger partial charge on any atom is 0.0320 e. The normalized spacial score (nSPS) is 24.9. The molecule has 1 aliphatic heterocycles. The third-order valence-electron chi connectivity index (χ3n) is 3.64. The van der Waals surface area contributed by atoms with Crippen LogP contribution in [0.1, 0.15) is 37.7 Å². The van der Waals surface area contributed by atoms with Gasteiger partial charge in [-0.25, -0.2) is 0 Å². The Balaban J connectivity index is 2.20. The van der Waals surface area contributed by atoms with E-state index in [1.54, 1.807) is 0 Å². The van der Waals surface area contributed by atoms with Crippen LogP contribution in [0.15, 0.2) is 27.1 Å². The second kappa shape index (κ2) is 6.35. The second-order valence-electron chi connectivity index (χ2n) is 4.82. The van der Waals surface area contributed by atoms with Gasteiger partial charge in [-0.1, -0.05) is 19.4 Å². The van der Waals surface area contributed by atoms with Crippen molar-refractivity contribution in [3.63, 3.8) is 0 Å². The lowest BCUT2D eigenvalue weighted by Gasteiger charge is -2.32. The van der Waals surface area contributed by atoms with E-state index in [9.17, 15) is 0 Å². The van der Waals surface area contributed by atoms with Crippen molar-refractivity contribution in [2.45, 2.75) is 32.1 Å². The summed E-state index contributed by atoms with van der Waals surface area (Å²) in [5.41, 5.74) is 1.49. The highest BCUT2D eigenvalue weighted by molar-refractivity contribution is 9.13. The van der Waals surface area contributed by atoms with Crippen LogP contribution in [0.4, 0.5) is 0 Å². The van der Waals surface area contributed by atoms with Crippen molar-refractivity contribution in [1.29, 1.82) is 0 Å². The number of benzene rings is 1. The number of hydrogen-bond donors (Lipinski definition) is 1. The van der Waals surface area contributed by atoms with Crippen molar-refractivity contribution in [3.05, 3.63) is 32.7 Å². The summed E-state index contributed by atoms with van der Waals surface area (Å²) < 4.78 is 2.31. The molecule has 3 heteroatoms. The van der Waals surface area contributed by atoms with Crippen molar-refractivity contribution in [1.82, 2.24) is 5.32 Å². The van der Waals surface area contributed by atoms with Gasteiger partial charge in [-0.15, -0.1) is 0 Å². The van der Waals surface area contributed by atoms with Gasteiger partial charge < -0.3 is 5.32 Å². The van der Waals surface area contributed by atoms with Gasteiger partial charge >= 0.3 is 0 Å². The predicted octanol–water partition coefficient (Wildman–Crippen LogP) is 4.70. The van der Waals surface area contributed by atoms with Crippen molar-refractivity contribution in [2.24, 2.45) is 5.92 Å². The summed E-state index contributed by atoms with van der Waals surface area (Å²) in [7, 11) is 0. The molecule has 1 N–H and O–H groups in total. The van der Waals surface area contributed by atoms with Gasteiger partial charge in [-0.2, -0.15) is 0 Å². The number of halogens is 2. The highest BCUT2D eigenvalue weighted by Gasteiger charge is 2.25. The summed E-state index contributed by atoms with van der Waals surface area (Å²) in [5.74, 6) is 1.52. The fourth-order valence-corrected chi connectivity index (χ4v) is 3.42. The van der Waals surface area contributed by atoms with Crippen LogP contribution < -0.4 is 5.32 Å². The van der Waals surface area contributed by atoms with Crippen LogP contribution in [-0.4, -0.2) is 13.1 Å². The highest BCUT2D eigenvalue weighted by Crippen LogP contribution is 2.35. The van der Waals surface area contributed by atoms with Crippen LogP contribution >= 0.6 is 31.9 Å². The second-order valence-corrected chi connectivity index (χ2v) is 6.53. The topological polar surface area (TPSA) is 12.0 Å². The van der Waals surface area contributed by atoms with Gasteiger partial charge in [0.05, 0.1) is 0 Å². The maximum absolute atomic E-state index is 3.61. The first-order valence-corrected chi connectivity index (χ1v) is 7.96. The zero-order valence-corrected chi connectivity index (χ0v) is 13.4. The molecule has 0 amide bonds. The van der Waals surface area contributed by atoms with Gasteiger partial charge in [-0.05, 0) is 87.3 Å². The third kappa shape index (κ3) is 3.33. The predicted molar refractivity (Wildman–Crippen MR) is 80.5 cm³/mol. The van der Waals surface area contributed by atoms with E-state index < -0.39 is 0 Å². The van der Waals surface area contributed by atoms with E-state index in [-0.39, 0.29) is 0 Å². The molecule has 2 rings (SSSR count). The van der Waals surface area contributed by atoms with E-state index in [4.69, 9.17) is 0 Å². The number of rotatable bonds is 3. The minimum absolute atomic E-state index is 0.723. The molecule has 1 aromatic rings. The van der Waals surface area contributed by atoms with Crippen molar-refractivity contribution in [3.8, 4) is 0 Å². The zero-order chi connectivity index (χ0) is 12.3. The van der Waals surface area contributed by atoms with Gasteiger partial charge in [0.25, 0.3) is 0 Å². The molecule has 0 radical (unpaired) electrons. The molecule has 0 aromatic heterocycles. The van der Waals surface area contributed by atoms with Gasteiger partial charge in [0, 0.05) is 8.95 Å². The van der Waals surface area contributed by atoms with E-state index in [1.807, 2.05) is 0 Å². The van der Waals surface area contributed by atoms with Gasteiger partial charge in [0.1, 0.15) is 0 Å². The molecule has 2 unspecified atom stereocenters. The fourth-order valence-electron chi connectivity index (χ4n) is 2.78. The Bertz CT molecular complexity index is 376. The van der Waals surface area contributed by atoms with E-state index in [1.165, 1.54) is 35.8 Å². The molecule has 0 aliphatic carbocycles. The highest BCUT2D eigenvalue weighted by atomic mass is 79.9. The molecule has 1 aliphatic rings. The van der Waals surface area contributed by atoms with E-state index >= 15 is 0 Å². The van der Waals surface area contributed by atoms with Gasteiger partial charge in [0.2, 0.25) is 0 Å². The molecule has 17 heavy (non-hydrogen) atoms. The first kappa shape index (κ1) is 13.6. The Morgan fingerprint density at radius 1 is 1.29 bits per heavy atom. The molecule has 94 valence electrons. The van der Waals surface area contributed by atoms with Crippen molar-refractivity contribution < 1.29 is 0 Å². The molecule has 1 fully saturated rings. The zero-order valence-electron chi connectivity index (χ0n) is 10.2. The van der Waals surface area contributed by atoms with Gasteiger partial charge in [-0.3, -0.25) is 0 Å². The average Bonchev–Trinajstić information content (AvgIpc) is 2.34. The molecule has 2 atom stereocenters. The Hall–Kier alpha value is 0.140. The van der Waals surface area contributed by atoms with E-state index in [0.29, 0.717) is 0 Å². The van der Waals surface area contributed by atoms with Crippen LogP contribution in [0.5, 0.6) is 0 Å². The number of hydrogen-bond acceptors (Lipinski definition) is 1. The van der Waals surface area contributed by atoms with Crippen molar-refractivity contribution in [2.75, 3.05) is 13.1 Å². The average molecular weight is 361 g/mol. The maximum atomic E-state index is 3.61. The first-order chi connectivity index (χ1) is 8.22. The fraction of sp³-hybridized carbons (Fsp3) is 0.571. The van der Waals surface area contributed by atoms with E-state index in [0.717, 1.165) is 22.9 Å².